The molecule has 4 heteroatoms. The first-order valence-corrected chi connectivity index (χ1v) is 5.42. The van der Waals surface area contributed by atoms with Crippen LogP contribution in [-0.2, 0) is 4.79 Å². The van der Waals surface area contributed by atoms with Crippen molar-refractivity contribution >= 4 is 5.91 Å². The van der Waals surface area contributed by atoms with Gasteiger partial charge in [-0.1, -0.05) is 6.92 Å². The smallest absolute Gasteiger partial charge is 0.239 e. The van der Waals surface area contributed by atoms with Crippen molar-refractivity contribution in [3.63, 3.8) is 0 Å². The Morgan fingerprint density at radius 3 is 2.86 bits per heavy atom. The molecule has 1 saturated heterocycles. The maximum atomic E-state index is 11.9. The number of nitrogens with one attached hydrogen (secondary N) is 1. The Balaban J connectivity index is 2.43. The summed E-state index contributed by atoms with van der Waals surface area (Å²) < 4.78 is 0. The van der Waals surface area contributed by atoms with E-state index in [1.165, 1.54) is 0 Å². The topological polar surface area (TPSA) is 52.6 Å². The fourth-order valence-electron chi connectivity index (χ4n) is 1.84. The molecule has 0 radical (unpaired) electrons. The highest BCUT2D eigenvalue weighted by molar-refractivity contribution is 5.82. The van der Waals surface area contributed by atoms with Crippen LogP contribution in [0.4, 0.5) is 0 Å². The normalized spacial score (nSPS) is 21.1. The molecule has 0 aromatic rings. The Labute approximate surface area is 85.3 Å². The summed E-state index contributed by atoms with van der Waals surface area (Å²) in [6, 6.07) is -0.00639. The number of carbonyl (C=O) groups is 1. The lowest BCUT2D eigenvalue weighted by atomic mass is 10.2. The first-order valence-electron chi connectivity index (χ1n) is 5.42. The van der Waals surface area contributed by atoms with Crippen LogP contribution in [0.3, 0.4) is 0 Å². The highest BCUT2D eigenvalue weighted by Gasteiger charge is 2.25. The Kier molecular flexibility index (Phi) is 4.90. The lowest BCUT2D eigenvalue weighted by Gasteiger charge is -2.24. The fraction of sp³-hybridized carbons (Fsp3) is 0.900. The van der Waals surface area contributed by atoms with E-state index in [1.807, 2.05) is 6.92 Å². The first-order chi connectivity index (χ1) is 6.79. The molecule has 0 saturated carbocycles. The quantitative estimate of drug-likeness (QED) is 0.655. The second-order valence-corrected chi connectivity index (χ2v) is 3.70. The standard InChI is InChI=1S/C10H20N2O2/c1-2-6-12(7-8-13)10(14)9-4-3-5-11-9/h9,11,13H,2-8H2,1H3/t9-/m0/s1. The highest BCUT2D eigenvalue weighted by Crippen LogP contribution is 2.08. The van der Waals surface area contributed by atoms with Crippen molar-refractivity contribution in [1.29, 1.82) is 0 Å². The van der Waals surface area contributed by atoms with Crippen LogP contribution in [0.25, 0.3) is 0 Å². The van der Waals surface area contributed by atoms with Gasteiger partial charge in [0.2, 0.25) is 5.91 Å². The van der Waals surface area contributed by atoms with Crippen molar-refractivity contribution in [2.45, 2.75) is 32.2 Å². The molecular weight excluding hydrogens is 180 g/mol. The van der Waals surface area contributed by atoms with E-state index in [9.17, 15) is 4.79 Å². The van der Waals surface area contributed by atoms with Crippen LogP contribution in [0.2, 0.25) is 0 Å². The average molecular weight is 200 g/mol. The molecule has 0 unspecified atom stereocenters. The Morgan fingerprint density at radius 1 is 1.57 bits per heavy atom. The van der Waals surface area contributed by atoms with Gasteiger partial charge in [-0.05, 0) is 25.8 Å². The molecule has 1 rings (SSSR count). The molecule has 0 aromatic heterocycles. The van der Waals surface area contributed by atoms with E-state index in [0.717, 1.165) is 32.4 Å². The number of rotatable bonds is 5. The number of carbonyl (C=O) groups excluding carboxylic acids is 1. The largest absolute Gasteiger partial charge is 0.395 e. The van der Waals surface area contributed by atoms with Gasteiger partial charge in [0.05, 0.1) is 12.6 Å². The van der Waals surface area contributed by atoms with Crippen molar-refractivity contribution in [2.75, 3.05) is 26.2 Å². The fourth-order valence-corrected chi connectivity index (χ4v) is 1.84. The number of amides is 1. The molecule has 0 spiro atoms. The SMILES string of the molecule is CCCN(CCO)C(=O)[C@@H]1CCCN1. The molecule has 1 fully saturated rings. The van der Waals surface area contributed by atoms with Gasteiger partial charge in [0, 0.05) is 13.1 Å². The van der Waals surface area contributed by atoms with Crippen molar-refractivity contribution in [1.82, 2.24) is 10.2 Å². The van der Waals surface area contributed by atoms with Crippen molar-refractivity contribution in [3.05, 3.63) is 0 Å². The van der Waals surface area contributed by atoms with Gasteiger partial charge in [-0.2, -0.15) is 0 Å². The van der Waals surface area contributed by atoms with Gasteiger partial charge in [-0.15, -0.1) is 0 Å². The molecular formula is C10H20N2O2. The summed E-state index contributed by atoms with van der Waals surface area (Å²) in [5.74, 6) is 0.151. The molecule has 1 aliphatic rings. The first kappa shape index (κ1) is 11.5. The molecule has 1 heterocycles. The second-order valence-electron chi connectivity index (χ2n) is 3.70. The predicted octanol–water partition coefficient (Wildman–Crippen LogP) is -0.0307. The Morgan fingerprint density at radius 2 is 2.36 bits per heavy atom. The van der Waals surface area contributed by atoms with Crippen LogP contribution >= 0.6 is 0 Å². The van der Waals surface area contributed by atoms with Crippen molar-refractivity contribution in [3.8, 4) is 0 Å². The Hall–Kier alpha value is -0.610. The summed E-state index contributed by atoms with van der Waals surface area (Å²) in [6.45, 7) is 4.25. The zero-order valence-electron chi connectivity index (χ0n) is 8.83. The number of hydrogen-bond donors (Lipinski definition) is 2. The van der Waals surface area contributed by atoms with Gasteiger partial charge in [0.1, 0.15) is 0 Å². The van der Waals surface area contributed by atoms with E-state index in [2.05, 4.69) is 5.32 Å². The van der Waals surface area contributed by atoms with Gasteiger partial charge in [0.25, 0.3) is 0 Å². The number of hydrogen-bond acceptors (Lipinski definition) is 3. The minimum atomic E-state index is -0.00639. The molecule has 14 heavy (non-hydrogen) atoms. The molecule has 0 aromatic carbocycles. The van der Waals surface area contributed by atoms with Gasteiger partial charge < -0.3 is 15.3 Å². The predicted molar refractivity (Wildman–Crippen MR) is 55.0 cm³/mol. The van der Waals surface area contributed by atoms with Crippen molar-refractivity contribution in [2.24, 2.45) is 0 Å². The number of aliphatic hydroxyl groups is 1. The molecule has 1 atom stereocenters. The maximum Gasteiger partial charge on any atom is 0.239 e. The third-order valence-corrected chi connectivity index (χ3v) is 2.53. The summed E-state index contributed by atoms with van der Waals surface area (Å²) >= 11 is 0. The monoisotopic (exact) mass is 200 g/mol. The van der Waals surface area contributed by atoms with Gasteiger partial charge in [0.15, 0.2) is 0 Å². The van der Waals surface area contributed by atoms with E-state index >= 15 is 0 Å². The third kappa shape index (κ3) is 2.96. The molecule has 82 valence electrons. The molecule has 0 aliphatic carbocycles. The molecule has 2 N–H and O–H groups in total. The summed E-state index contributed by atoms with van der Waals surface area (Å²) in [7, 11) is 0. The van der Waals surface area contributed by atoms with Crippen LogP contribution in [0.5, 0.6) is 0 Å². The number of aliphatic hydroxyl groups excluding tert-OH is 1. The minimum absolute atomic E-state index is 0.00639. The van der Waals surface area contributed by atoms with Crippen LogP contribution in [0.1, 0.15) is 26.2 Å². The van der Waals surface area contributed by atoms with Crippen LogP contribution in [0.15, 0.2) is 0 Å². The van der Waals surface area contributed by atoms with Crippen molar-refractivity contribution < 1.29 is 9.90 Å². The summed E-state index contributed by atoms with van der Waals surface area (Å²) in [5.41, 5.74) is 0. The molecule has 4 nitrogen and oxygen atoms in total. The summed E-state index contributed by atoms with van der Waals surface area (Å²) in [5, 5.41) is 12.0. The molecule has 0 bridgehead atoms. The van der Waals surface area contributed by atoms with E-state index in [1.54, 1.807) is 4.90 Å². The zero-order chi connectivity index (χ0) is 10.4. The second kappa shape index (κ2) is 5.98. The third-order valence-electron chi connectivity index (χ3n) is 2.53. The van der Waals surface area contributed by atoms with Crippen LogP contribution in [0, 0.1) is 0 Å². The van der Waals surface area contributed by atoms with E-state index < -0.39 is 0 Å². The Bertz CT molecular complexity index is 173. The number of nitrogens with zero attached hydrogens (tertiary/aromatic N) is 1. The van der Waals surface area contributed by atoms with Crippen LogP contribution in [-0.4, -0.2) is 48.2 Å². The van der Waals surface area contributed by atoms with Gasteiger partial charge in [-0.3, -0.25) is 4.79 Å². The maximum absolute atomic E-state index is 11.9. The molecule has 1 amide bonds. The van der Waals surface area contributed by atoms with Crippen LogP contribution < -0.4 is 5.32 Å². The highest BCUT2D eigenvalue weighted by atomic mass is 16.3. The van der Waals surface area contributed by atoms with Gasteiger partial charge in [-0.25, -0.2) is 0 Å². The zero-order valence-corrected chi connectivity index (χ0v) is 8.83. The molecule has 1 aliphatic heterocycles. The average Bonchev–Trinajstić information content (AvgIpc) is 2.69. The van der Waals surface area contributed by atoms with Gasteiger partial charge >= 0.3 is 0 Å². The van der Waals surface area contributed by atoms with E-state index in [0.29, 0.717) is 6.54 Å². The van der Waals surface area contributed by atoms with E-state index in [4.69, 9.17) is 5.11 Å². The summed E-state index contributed by atoms with van der Waals surface area (Å²) in [6.07, 6.45) is 2.96. The summed E-state index contributed by atoms with van der Waals surface area (Å²) in [4.78, 5) is 13.6. The minimum Gasteiger partial charge on any atom is -0.395 e. The lowest BCUT2D eigenvalue weighted by Crippen LogP contribution is -2.45. The lowest BCUT2D eigenvalue weighted by molar-refractivity contribution is -0.133. The van der Waals surface area contributed by atoms with E-state index in [-0.39, 0.29) is 18.6 Å².